The molecule has 3 amide bonds. The molecule has 9 heteroatoms. The smallest absolute Gasteiger partial charge is 0.282 e. The van der Waals surface area contributed by atoms with Crippen molar-refractivity contribution in [1.82, 2.24) is 9.80 Å². The molecule has 2 aromatic carbocycles. The van der Waals surface area contributed by atoms with Crippen LogP contribution in [0, 0.1) is 5.82 Å². The highest BCUT2D eigenvalue weighted by atomic mass is 19.1. The van der Waals surface area contributed by atoms with Gasteiger partial charge in [0, 0.05) is 45.3 Å². The lowest BCUT2D eigenvalue weighted by Crippen LogP contribution is -2.48. The van der Waals surface area contributed by atoms with E-state index in [9.17, 15) is 23.9 Å². The fourth-order valence-electron chi connectivity index (χ4n) is 4.18. The molecular formula is C24H25FN4O4. The number of piperazine rings is 1. The van der Waals surface area contributed by atoms with Gasteiger partial charge >= 0.3 is 0 Å². The SMILES string of the molecule is CC(=O)Nc1ccc(C2=C(N3CCN(CCO)CC3)C(=O)N(c3ccccc3F)C2=O)cc1. The third-order valence-corrected chi connectivity index (χ3v) is 5.75. The van der Waals surface area contributed by atoms with Gasteiger partial charge in [-0.25, -0.2) is 9.29 Å². The van der Waals surface area contributed by atoms with Crippen LogP contribution < -0.4 is 10.2 Å². The van der Waals surface area contributed by atoms with Gasteiger partial charge in [0.1, 0.15) is 11.5 Å². The number of hydrogen-bond acceptors (Lipinski definition) is 6. The average Bonchev–Trinajstić information content (AvgIpc) is 3.05. The van der Waals surface area contributed by atoms with Crippen LogP contribution in [0.25, 0.3) is 5.57 Å². The lowest BCUT2D eigenvalue weighted by molar-refractivity contribution is -0.121. The van der Waals surface area contributed by atoms with E-state index in [1.165, 1.54) is 25.1 Å². The Hall–Kier alpha value is -3.56. The maximum atomic E-state index is 14.5. The summed E-state index contributed by atoms with van der Waals surface area (Å²) in [4.78, 5) is 43.1. The molecule has 2 aromatic rings. The van der Waals surface area contributed by atoms with Crippen LogP contribution in [0.5, 0.6) is 0 Å². The van der Waals surface area contributed by atoms with E-state index in [1.807, 2.05) is 4.90 Å². The van der Waals surface area contributed by atoms with E-state index in [1.54, 1.807) is 30.3 Å². The Morgan fingerprint density at radius 3 is 2.27 bits per heavy atom. The molecule has 0 bridgehead atoms. The van der Waals surface area contributed by atoms with E-state index >= 15 is 0 Å². The molecule has 0 saturated carbocycles. The molecule has 2 N–H and O–H groups in total. The number of para-hydroxylation sites is 1. The molecule has 1 fully saturated rings. The number of amides is 3. The number of anilines is 2. The number of hydrogen-bond donors (Lipinski definition) is 2. The normalized spacial score (nSPS) is 17.2. The predicted octanol–water partition coefficient (Wildman–Crippen LogP) is 1.68. The Morgan fingerprint density at radius 2 is 1.67 bits per heavy atom. The van der Waals surface area contributed by atoms with Crippen LogP contribution in [0.2, 0.25) is 0 Å². The van der Waals surface area contributed by atoms with Crippen molar-refractivity contribution in [3.05, 3.63) is 65.6 Å². The molecule has 2 heterocycles. The zero-order valence-corrected chi connectivity index (χ0v) is 18.3. The Kier molecular flexibility index (Phi) is 6.52. The van der Waals surface area contributed by atoms with Crippen LogP contribution in [0.3, 0.4) is 0 Å². The highest BCUT2D eigenvalue weighted by Crippen LogP contribution is 2.36. The van der Waals surface area contributed by atoms with Gasteiger partial charge < -0.3 is 15.3 Å². The molecule has 33 heavy (non-hydrogen) atoms. The number of carbonyl (C=O) groups is 3. The van der Waals surface area contributed by atoms with Crippen molar-refractivity contribution >= 4 is 34.7 Å². The second kappa shape index (κ2) is 9.51. The molecule has 172 valence electrons. The van der Waals surface area contributed by atoms with Crippen LogP contribution in [0.15, 0.2) is 54.2 Å². The van der Waals surface area contributed by atoms with E-state index in [0.29, 0.717) is 44.0 Å². The molecule has 0 spiro atoms. The van der Waals surface area contributed by atoms with Gasteiger partial charge in [-0.1, -0.05) is 24.3 Å². The van der Waals surface area contributed by atoms with Crippen LogP contribution in [0.1, 0.15) is 12.5 Å². The summed E-state index contributed by atoms with van der Waals surface area (Å²) in [5.41, 5.74) is 1.42. The fraction of sp³-hybridized carbons (Fsp3) is 0.292. The maximum absolute atomic E-state index is 14.5. The van der Waals surface area contributed by atoms with E-state index in [4.69, 9.17) is 0 Å². The first-order chi connectivity index (χ1) is 15.9. The third-order valence-electron chi connectivity index (χ3n) is 5.75. The highest BCUT2D eigenvalue weighted by Gasteiger charge is 2.43. The van der Waals surface area contributed by atoms with Gasteiger partial charge in [0.15, 0.2) is 0 Å². The monoisotopic (exact) mass is 452 g/mol. The van der Waals surface area contributed by atoms with Crippen LogP contribution >= 0.6 is 0 Å². The van der Waals surface area contributed by atoms with Gasteiger partial charge in [-0.05, 0) is 29.8 Å². The highest BCUT2D eigenvalue weighted by molar-refractivity contribution is 6.45. The Labute approximate surface area is 190 Å². The minimum atomic E-state index is -0.659. The molecule has 0 atom stereocenters. The average molecular weight is 452 g/mol. The van der Waals surface area contributed by atoms with E-state index < -0.39 is 17.6 Å². The zero-order valence-electron chi connectivity index (χ0n) is 18.3. The number of nitrogens with zero attached hydrogens (tertiary/aromatic N) is 3. The summed E-state index contributed by atoms with van der Waals surface area (Å²) in [7, 11) is 0. The van der Waals surface area contributed by atoms with Crippen molar-refractivity contribution in [2.24, 2.45) is 0 Å². The summed E-state index contributed by atoms with van der Waals surface area (Å²) >= 11 is 0. The second-order valence-corrected chi connectivity index (χ2v) is 7.93. The summed E-state index contributed by atoms with van der Waals surface area (Å²) in [6.07, 6.45) is 0. The molecule has 0 aliphatic carbocycles. The lowest BCUT2D eigenvalue weighted by Gasteiger charge is -2.36. The number of aliphatic hydroxyl groups excluding tert-OH is 1. The largest absolute Gasteiger partial charge is 0.395 e. The third kappa shape index (κ3) is 4.50. The molecule has 0 unspecified atom stereocenters. The number of carbonyl (C=O) groups excluding carboxylic acids is 3. The van der Waals surface area contributed by atoms with Crippen molar-refractivity contribution in [2.45, 2.75) is 6.92 Å². The summed E-state index contributed by atoms with van der Waals surface area (Å²) < 4.78 is 14.5. The summed E-state index contributed by atoms with van der Waals surface area (Å²) in [6, 6.07) is 12.3. The van der Waals surface area contributed by atoms with Crippen molar-refractivity contribution in [3.63, 3.8) is 0 Å². The zero-order chi connectivity index (χ0) is 23.5. The molecular weight excluding hydrogens is 427 g/mol. The molecule has 8 nitrogen and oxygen atoms in total. The molecule has 2 aliphatic heterocycles. The Bertz CT molecular complexity index is 1110. The first-order valence-electron chi connectivity index (χ1n) is 10.7. The fourth-order valence-corrected chi connectivity index (χ4v) is 4.18. The number of rotatable bonds is 6. The molecule has 4 rings (SSSR count). The number of benzene rings is 2. The van der Waals surface area contributed by atoms with Crippen LogP contribution in [0.4, 0.5) is 15.8 Å². The number of halogens is 1. The van der Waals surface area contributed by atoms with Crippen molar-refractivity contribution in [3.8, 4) is 0 Å². The van der Waals surface area contributed by atoms with Gasteiger partial charge in [0.2, 0.25) is 5.91 Å². The minimum absolute atomic E-state index is 0.0487. The molecule has 1 saturated heterocycles. The van der Waals surface area contributed by atoms with Gasteiger partial charge in [-0.15, -0.1) is 0 Å². The number of aliphatic hydroxyl groups is 1. The van der Waals surface area contributed by atoms with Gasteiger partial charge in [0.25, 0.3) is 11.8 Å². The van der Waals surface area contributed by atoms with E-state index in [-0.39, 0.29) is 29.5 Å². The quantitative estimate of drug-likeness (QED) is 0.648. The Balaban J connectivity index is 1.73. The topological polar surface area (TPSA) is 93.2 Å². The molecule has 0 aromatic heterocycles. The number of imide groups is 1. The van der Waals surface area contributed by atoms with Crippen LogP contribution in [-0.4, -0.2) is 72.0 Å². The second-order valence-electron chi connectivity index (χ2n) is 7.93. The van der Waals surface area contributed by atoms with Crippen molar-refractivity contribution in [2.75, 3.05) is 49.5 Å². The summed E-state index contributed by atoms with van der Waals surface area (Å²) in [5, 5.41) is 11.9. The van der Waals surface area contributed by atoms with Crippen LogP contribution in [-0.2, 0) is 14.4 Å². The van der Waals surface area contributed by atoms with E-state index in [2.05, 4.69) is 10.2 Å². The predicted molar refractivity (Wildman–Crippen MR) is 122 cm³/mol. The Morgan fingerprint density at radius 1 is 1.00 bits per heavy atom. The maximum Gasteiger partial charge on any atom is 0.282 e. The minimum Gasteiger partial charge on any atom is -0.395 e. The van der Waals surface area contributed by atoms with E-state index in [0.717, 1.165) is 4.90 Å². The number of nitrogens with one attached hydrogen (secondary N) is 1. The molecule has 2 aliphatic rings. The van der Waals surface area contributed by atoms with Crippen molar-refractivity contribution < 1.29 is 23.9 Å². The first-order valence-corrected chi connectivity index (χ1v) is 10.7. The van der Waals surface area contributed by atoms with Gasteiger partial charge in [0.05, 0.1) is 17.9 Å². The summed E-state index contributed by atoms with van der Waals surface area (Å²) in [5.74, 6) is -2.04. The first kappa shape index (κ1) is 22.6. The lowest BCUT2D eigenvalue weighted by atomic mass is 10.0. The standard InChI is InChI=1S/C24H25FN4O4/c1-16(31)26-18-8-6-17(7-9-18)21-22(28-12-10-27(11-13-28)14-15-30)24(33)29(23(21)32)20-5-3-2-4-19(20)25/h2-9,30H,10-15H2,1H3,(H,26,31). The van der Waals surface area contributed by atoms with Gasteiger partial charge in [-0.3, -0.25) is 19.3 Å². The van der Waals surface area contributed by atoms with Gasteiger partial charge in [-0.2, -0.15) is 0 Å². The summed E-state index contributed by atoms with van der Waals surface area (Å²) in [6.45, 7) is 4.22. The number of β-amino-alcohol motifs (C(OH)–C–C–N with tert-alkyl or cyclic N) is 1. The molecule has 0 radical (unpaired) electrons. The van der Waals surface area contributed by atoms with Crippen molar-refractivity contribution in [1.29, 1.82) is 0 Å².